The molecular formula is C18H16F2N2O2. The van der Waals surface area contributed by atoms with Crippen LogP contribution < -0.4 is 10.1 Å². The number of halogens is 2. The summed E-state index contributed by atoms with van der Waals surface area (Å²) < 4.78 is 29.0. The second-order valence-corrected chi connectivity index (χ2v) is 5.25. The second kappa shape index (κ2) is 7.55. The van der Waals surface area contributed by atoms with Crippen LogP contribution in [-0.2, 0) is 0 Å². The van der Waals surface area contributed by atoms with E-state index < -0.39 is 6.61 Å². The third-order valence-corrected chi connectivity index (χ3v) is 3.48. The van der Waals surface area contributed by atoms with Crippen LogP contribution in [-0.4, -0.2) is 12.4 Å². The summed E-state index contributed by atoms with van der Waals surface area (Å²) in [7, 11) is 0. The lowest BCUT2D eigenvalue weighted by molar-refractivity contribution is -0.0498. The Labute approximate surface area is 138 Å². The molecule has 6 heteroatoms. The minimum atomic E-state index is -2.89. The summed E-state index contributed by atoms with van der Waals surface area (Å²) >= 11 is 0. The quantitative estimate of drug-likeness (QED) is 0.790. The van der Waals surface area contributed by atoms with Gasteiger partial charge in [0.1, 0.15) is 5.75 Å². The molecule has 0 aliphatic rings. The van der Waals surface area contributed by atoms with Crippen molar-refractivity contribution >= 4 is 11.5 Å². The van der Waals surface area contributed by atoms with Gasteiger partial charge >= 0.3 is 6.61 Å². The van der Waals surface area contributed by atoms with Gasteiger partial charge in [-0.15, -0.1) is 0 Å². The van der Waals surface area contributed by atoms with E-state index in [1.165, 1.54) is 19.1 Å². The summed E-state index contributed by atoms with van der Waals surface area (Å²) in [5, 5.41) is 12.2. The predicted molar refractivity (Wildman–Crippen MR) is 86.3 cm³/mol. The van der Waals surface area contributed by atoms with Gasteiger partial charge < -0.3 is 10.1 Å². The first-order chi connectivity index (χ1) is 11.4. The summed E-state index contributed by atoms with van der Waals surface area (Å²) in [5.74, 6) is -0.0716. The molecule has 1 unspecified atom stereocenters. The highest BCUT2D eigenvalue weighted by atomic mass is 19.3. The minimum Gasteiger partial charge on any atom is -0.435 e. The molecule has 0 spiro atoms. The monoisotopic (exact) mass is 330 g/mol. The van der Waals surface area contributed by atoms with Gasteiger partial charge in [0.05, 0.1) is 11.6 Å². The fourth-order valence-corrected chi connectivity index (χ4v) is 2.32. The Kier molecular flexibility index (Phi) is 5.48. The third-order valence-electron chi connectivity index (χ3n) is 3.48. The fraction of sp³-hybridized carbons (Fsp3) is 0.222. The molecule has 0 bridgehead atoms. The van der Waals surface area contributed by atoms with Gasteiger partial charge in [-0.1, -0.05) is 12.1 Å². The zero-order valence-corrected chi connectivity index (χ0v) is 13.2. The van der Waals surface area contributed by atoms with Crippen LogP contribution in [0.5, 0.6) is 5.75 Å². The van der Waals surface area contributed by atoms with Crippen molar-refractivity contribution in [3.63, 3.8) is 0 Å². The second-order valence-electron chi connectivity index (χ2n) is 5.25. The van der Waals surface area contributed by atoms with E-state index in [0.717, 1.165) is 0 Å². The molecule has 0 radical (unpaired) electrons. The number of rotatable bonds is 6. The number of hydrogen-bond acceptors (Lipinski definition) is 4. The molecule has 0 heterocycles. The summed E-state index contributed by atoms with van der Waals surface area (Å²) in [6.07, 6.45) is 0. The summed E-state index contributed by atoms with van der Waals surface area (Å²) in [4.78, 5) is 11.7. The Morgan fingerprint density at radius 1 is 1.25 bits per heavy atom. The number of nitriles is 1. The number of benzene rings is 2. The first kappa shape index (κ1) is 17.4. The third kappa shape index (κ3) is 4.29. The van der Waals surface area contributed by atoms with Gasteiger partial charge in [0, 0.05) is 17.3 Å². The maximum atomic E-state index is 12.3. The fourth-order valence-electron chi connectivity index (χ4n) is 2.32. The van der Waals surface area contributed by atoms with Crippen molar-refractivity contribution in [2.45, 2.75) is 26.5 Å². The van der Waals surface area contributed by atoms with Crippen LogP contribution in [0.15, 0.2) is 42.5 Å². The molecule has 2 aromatic carbocycles. The molecule has 2 aromatic rings. The number of carbonyl (C=O) groups excluding carboxylic acids is 1. The number of alkyl halides is 2. The van der Waals surface area contributed by atoms with Crippen molar-refractivity contribution in [2.24, 2.45) is 0 Å². The zero-order valence-electron chi connectivity index (χ0n) is 13.2. The summed E-state index contributed by atoms with van der Waals surface area (Å²) in [5.41, 5.74) is 2.12. The molecule has 0 aromatic heterocycles. The smallest absolute Gasteiger partial charge is 0.387 e. The molecule has 0 fully saturated rings. The summed E-state index contributed by atoms with van der Waals surface area (Å²) in [6.45, 7) is 0.374. The SMILES string of the molecule is CC(=O)c1ccc(C#N)cc1NC(C)c1cccc(OC(F)F)c1. The van der Waals surface area contributed by atoms with Crippen LogP contribution in [0.4, 0.5) is 14.5 Å². The molecule has 124 valence electrons. The van der Waals surface area contributed by atoms with Crippen LogP contribution >= 0.6 is 0 Å². The molecular weight excluding hydrogens is 314 g/mol. The molecule has 0 aliphatic carbocycles. The molecule has 24 heavy (non-hydrogen) atoms. The van der Waals surface area contributed by atoms with E-state index in [4.69, 9.17) is 5.26 Å². The number of ketones is 1. The number of nitrogens with one attached hydrogen (secondary N) is 1. The maximum absolute atomic E-state index is 12.3. The highest BCUT2D eigenvalue weighted by molar-refractivity contribution is 5.99. The number of hydrogen-bond donors (Lipinski definition) is 1. The first-order valence-electron chi connectivity index (χ1n) is 7.27. The van der Waals surface area contributed by atoms with Crippen molar-refractivity contribution in [1.82, 2.24) is 0 Å². The summed E-state index contributed by atoms with van der Waals surface area (Å²) in [6, 6.07) is 12.8. The molecule has 0 saturated carbocycles. The molecule has 4 nitrogen and oxygen atoms in total. The Bertz CT molecular complexity index is 785. The molecule has 0 amide bonds. The van der Waals surface area contributed by atoms with E-state index in [2.05, 4.69) is 10.1 Å². The highest BCUT2D eigenvalue weighted by Gasteiger charge is 2.13. The van der Waals surface area contributed by atoms with E-state index in [9.17, 15) is 13.6 Å². The van der Waals surface area contributed by atoms with Gasteiger partial charge in [0.2, 0.25) is 0 Å². The Morgan fingerprint density at radius 2 is 2.00 bits per heavy atom. The standard InChI is InChI=1S/C18H16F2N2O2/c1-11(14-4-3-5-15(9-14)24-18(19)20)22-17-8-13(10-21)6-7-16(17)12(2)23/h3-9,11,18,22H,1-2H3. The van der Waals surface area contributed by atoms with Gasteiger partial charge in [-0.2, -0.15) is 14.0 Å². The van der Waals surface area contributed by atoms with Crippen molar-refractivity contribution < 1.29 is 18.3 Å². The molecule has 1 N–H and O–H groups in total. The van der Waals surface area contributed by atoms with Crippen LogP contribution in [0, 0.1) is 11.3 Å². The zero-order chi connectivity index (χ0) is 17.7. The number of Topliss-reactive ketones (excluding diaryl/α,β-unsaturated/α-hetero) is 1. The predicted octanol–water partition coefficient (Wildman–Crippen LogP) is 4.54. The molecule has 0 aliphatic heterocycles. The largest absolute Gasteiger partial charge is 0.435 e. The number of carbonyl (C=O) groups is 1. The van der Waals surface area contributed by atoms with E-state index in [0.29, 0.717) is 22.4 Å². The van der Waals surface area contributed by atoms with Gasteiger partial charge in [-0.05, 0) is 49.7 Å². The lowest BCUT2D eigenvalue weighted by Crippen LogP contribution is -2.11. The lowest BCUT2D eigenvalue weighted by atomic mass is 10.0. The number of anilines is 1. The van der Waals surface area contributed by atoms with Crippen LogP contribution in [0.25, 0.3) is 0 Å². The van der Waals surface area contributed by atoms with E-state index >= 15 is 0 Å². The average molecular weight is 330 g/mol. The van der Waals surface area contributed by atoms with E-state index in [1.807, 2.05) is 13.0 Å². The van der Waals surface area contributed by atoms with Crippen molar-refractivity contribution in [2.75, 3.05) is 5.32 Å². The molecule has 0 saturated heterocycles. The Morgan fingerprint density at radius 3 is 2.62 bits per heavy atom. The highest BCUT2D eigenvalue weighted by Crippen LogP contribution is 2.26. The topological polar surface area (TPSA) is 62.1 Å². The first-order valence-corrected chi connectivity index (χ1v) is 7.27. The lowest BCUT2D eigenvalue weighted by Gasteiger charge is -2.19. The minimum absolute atomic E-state index is 0.0636. The Hall–Kier alpha value is -2.94. The number of nitrogens with zero attached hydrogens (tertiary/aromatic N) is 1. The normalized spacial score (nSPS) is 11.7. The van der Waals surface area contributed by atoms with Gasteiger partial charge in [-0.25, -0.2) is 0 Å². The van der Waals surface area contributed by atoms with Crippen LogP contribution in [0.2, 0.25) is 0 Å². The van der Waals surface area contributed by atoms with Crippen LogP contribution in [0.3, 0.4) is 0 Å². The maximum Gasteiger partial charge on any atom is 0.387 e. The van der Waals surface area contributed by atoms with E-state index in [1.54, 1.807) is 30.3 Å². The average Bonchev–Trinajstić information content (AvgIpc) is 2.54. The van der Waals surface area contributed by atoms with Crippen molar-refractivity contribution in [3.05, 3.63) is 59.2 Å². The Balaban J connectivity index is 2.28. The molecule has 1 atom stereocenters. The van der Waals surface area contributed by atoms with Crippen molar-refractivity contribution in [3.8, 4) is 11.8 Å². The number of ether oxygens (including phenoxy) is 1. The van der Waals surface area contributed by atoms with Crippen LogP contribution in [0.1, 0.15) is 41.4 Å². The van der Waals surface area contributed by atoms with Crippen molar-refractivity contribution in [1.29, 1.82) is 5.26 Å². The van der Waals surface area contributed by atoms with Gasteiger partial charge in [-0.3, -0.25) is 4.79 Å². The van der Waals surface area contributed by atoms with Gasteiger partial charge in [0.25, 0.3) is 0 Å². The van der Waals surface area contributed by atoms with E-state index in [-0.39, 0.29) is 17.6 Å². The molecule has 2 rings (SSSR count). The van der Waals surface area contributed by atoms with Gasteiger partial charge in [0.15, 0.2) is 5.78 Å².